The molecule has 1 aliphatic carbocycles. The Labute approximate surface area is 101 Å². The molecule has 0 unspecified atom stereocenters. The number of benzene rings is 1. The Morgan fingerprint density at radius 1 is 1.31 bits per heavy atom. The Hall–Kier alpha value is -1.29. The molecule has 0 fully saturated rings. The highest BCUT2D eigenvalue weighted by molar-refractivity contribution is 9.10. The highest BCUT2D eigenvalue weighted by atomic mass is 79.9. The third kappa shape index (κ3) is 1.37. The van der Waals surface area contributed by atoms with E-state index in [0.29, 0.717) is 0 Å². The molecule has 0 amide bonds. The highest BCUT2D eigenvalue weighted by Crippen LogP contribution is 2.33. The minimum Gasteiger partial charge on any atom is -0.460 e. The van der Waals surface area contributed by atoms with Crippen LogP contribution in [0.15, 0.2) is 32.2 Å². The van der Waals surface area contributed by atoms with Crippen molar-refractivity contribution in [3.8, 4) is 0 Å². The molecule has 1 aromatic carbocycles. The Bertz CT molecular complexity index is 586. The minimum absolute atomic E-state index is 0.734. The molecule has 4 heteroatoms. The predicted molar refractivity (Wildman–Crippen MR) is 65.2 cm³/mol. The van der Waals surface area contributed by atoms with Gasteiger partial charge in [0.2, 0.25) is 0 Å². The summed E-state index contributed by atoms with van der Waals surface area (Å²) in [6.45, 7) is 0. The summed E-state index contributed by atoms with van der Waals surface area (Å²) < 4.78 is 6.77. The van der Waals surface area contributed by atoms with Crippen molar-refractivity contribution in [3.05, 3.63) is 34.0 Å². The van der Waals surface area contributed by atoms with Crippen LogP contribution in [0.25, 0.3) is 11.0 Å². The largest absolute Gasteiger partial charge is 0.460 e. The lowest BCUT2D eigenvalue weighted by molar-refractivity contribution is 0.317. The summed E-state index contributed by atoms with van der Waals surface area (Å²) in [5.41, 5.74) is 2.57. The van der Waals surface area contributed by atoms with Gasteiger partial charge in [-0.25, -0.2) is 0 Å². The molecule has 1 heterocycles. The van der Waals surface area contributed by atoms with Crippen molar-refractivity contribution < 1.29 is 9.62 Å². The fourth-order valence-corrected chi connectivity index (χ4v) is 2.62. The van der Waals surface area contributed by atoms with Crippen molar-refractivity contribution >= 4 is 32.6 Å². The first kappa shape index (κ1) is 9.90. The zero-order valence-electron chi connectivity index (χ0n) is 8.53. The summed E-state index contributed by atoms with van der Waals surface area (Å²) >= 11 is 3.44. The van der Waals surface area contributed by atoms with Crippen molar-refractivity contribution in [3.63, 3.8) is 0 Å². The lowest BCUT2D eigenvalue weighted by Crippen LogP contribution is -2.09. The Morgan fingerprint density at radius 2 is 2.19 bits per heavy atom. The van der Waals surface area contributed by atoms with E-state index < -0.39 is 0 Å². The van der Waals surface area contributed by atoms with Crippen LogP contribution in [0.2, 0.25) is 0 Å². The van der Waals surface area contributed by atoms with Gasteiger partial charge in [-0.2, -0.15) is 0 Å². The van der Waals surface area contributed by atoms with Crippen LogP contribution in [0.5, 0.6) is 0 Å². The lowest BCUT2D eigenvalue weighted by atomic mass is 9.94. The molecule has 1 aromatic heterocycles. The predicted octanol–water partition coefficient (Wildman–Crippen LogP) is 3.71. The van der Waals surface area contributed by atoms with E-state index in [1.807, 2.05) is 18.2 Å². The SMILES string of the molecule is ON=C1CCCc2oc3ccc(Br)cc3c21. The van der Waals surface area contributed by atoms with Gasteiger partial charge in [-0.15, -0.1) is 0 Å². The lowest BCUT2D eigenvalue weighted by Gasteiger charge is -2.10. The number of halogens is 1. The van der Waals surface area contributed by atoms with Gasteiger partial charge in [0.05, 0.1) is 5.71 Å². The van der Waals surface area contributed by atoms with E-state index in [1.54, 1.807) is 0 Å². The summed E-state index contributed by atoms with van der Waals surface area (Å²) in [5.74, 6) is 0.937. The monoisotopic (exact) mass is 279 g/mol. The summed E-state index contributed by atoms with van der Waals surface area (Å²) in [4.78, 5) is 0. The number of hydrogen-bond donors (Lipinski definition) is 1. The average molecular weight is 280 g/mol. The standard InChI is InChI=1S/C12H10BrNO2/c13-7-4-5-10-8(6-7)12-9(14-15)2-1-3-11(12)16-10/h4-6,15H,1-3H2. The first-order chi connectivity index (χ1) is 7.79. The zero-order valence-corrected chi connectivity index (χ0v) is 10.1. The maximum Gasteiger partial charge on any atom is 0.135 e. The number of nitrogens with zero attached hydrogens (tertiary/aromatic N) is 1. The van der Waals surface area contributed by atoms with Gasteiger partial charge < -0.3 is 9.62 Å². The van der Waals surface area contributed by atoms with E-state index in [2.05, 4.69) is 21.1 Å². The van der Waals surface area contributed by atoms with E-state index >= 15 is 0 Å². The molecule has 0 bridgehead atoms. The Morgan fingerprint density at radius 3 is 3.00 bits per heavy atom. The van der Waals surface area contributed by atoms with Crippen molar-refractivity contribution in [2.24, 2.45) is 5.16 Å². The number of oxime groups is 1. The smallest absolute Gasteiger partial charge is 0.135 e. The molecule has 16 heavy (non-hydrogen) atoms. The van der Waals surface area contributed by atoms with Gasteiger partial charge in [-0.1, -0.05) is 21.1 Å². The van der Waals surface area contributed by atoms with Crippen LogP contribution in [-0.2, 0) is 6.42 Å². The molecule has 0 radical (unpaired) electrons. The van der Waals surface area contributed by atoms with E-state index in [0.717, 1.165) is 51.7 Å². The highest BCUT2D eigenvalue weighted by Gasteiger charge is 2.23. The molecule has 82 valence electrons. The van der Waals surface area contributed by atoms with E-state index in [-0.39, 0.29) is 0 Å². The molecule has 0 atom stereocenters. The summed E-state index contributed by atoms with van der Waals surface area (Å²) in [5, 5.41) is 13.4. The van der Waals surface area contributed by atoms with Crippen LogP contribution >= 0.6 is 15.9 Å². The fraction of sp³-hybridized carbons (Fsp3) is 0.250. The molecular formula is C12H10BrNO2. The maximum absolute atomic E-state index is 9.02. The summed E-state index contributed by atoms with van der Waals surface area (Å²) in [6, 6.07) is 5.90. The molecule has 0 saturated carbocycles. The summed E-state index contributed by atoms with van der Waals surface area (Å²) in [6.07, 6.45) is 2.71. The summed E-state index contributed by atoms with van der Waals surface area (Å²) in [7, 11) is 0. The molecule has 1 N–H and O–H groups in total. The van der Waals surface area contributed by atoms with Crippen molar-refractivity contribution in [2.75, 3.05) is 0 Å². The van der Waals surface area contributed by atoms with Gasteiger partial charge in [0.15, 0.2) is 0 Å². The van der Waals surface area contributed by atoms with Crippen LogP contribution < -0.4 is 0 Å². The number of fused-ring (bicyclic) bond motifs is 3. The first-order valence-electron chi connectivity index (χ1n) is 5.22. The van der Waals surface area contributed by atoms with Gasteiger partial charge in [0, 0.05) is 21.8 Å². The molecule has 3 nitrogen and oxygen atoms in total. The second-order valence-corrected chi connectivity index (χ2v) is 4.86. The quantitative estimate of drug-likeness (QED) is 0.590. The van der Waals surface area contributed by atoms with Crippen molar-refractivity contribution in [1.82, 2.24) is 0 Å². The zero-order chi connectivity index (χ0) is 11.1. The second-order valence-electron chi connectivity index (χ2n) is 3.94. The third-order valence-electron chi connectivity index (χ3n) is 2.95. The normalized spacial score (nSPS) is 17.9. The number of furan rings is 1. The Balaban J connectivity index is 2.36. The molecule has 1 aliphatic rings. The van der Waals surface area contributed by atoms with E-state index in [9.17, 15) is 0 Å². The van der Waals surface area contributed by atoms with Gasteiger partial charge in [-0.3, -0.25) is 0 Å². The molecular weight excluding hydrogens is 270 g/mol. The molecule has 2 aromatic rings. The van der Waals surface area contributed by atoms with Crippen molar-refractivity contribution in [1.29, 1.82) is 0 Å². The van der Waals surface area contributed by atoms with Crippen LogP contribution in [0, 0.1) is 0 Å². The molecule has 0 spiro atoms. The van der Waals surface area contributed by atoms with Crippen molar-refractivity contribution in [2.45, 2.75) is 19.3 Å². The number of hydrogen-bond acceptors (Lipinski definition) is 3. The van der Waals surface area contributed by atoms with Gasteiger partial charge in [-0.05, 0) is 31.0 Å². The van der Waals surface area contributed by atoms with E-state index in [1.165, 1.54) is 0 Å². The third-order valence-corrected chi connectivity index (χ3v) is 3.44. The molecule has 0 aliphatic heterocycles. The number of aryl methyl sites for hydroxylation is 1. The molecule has 0 saturated heterocycles. The van der Waals surface area contributed by atoms with Gasteiger partial charge in [0.1, 0.15) is 11.3 Å². The molecule has 3 rings (SSSR count). The maximum atomic E-state index is 9.02. The van der Waals surface area contributed by atoms with Crippen LogP contribution in [0.3, 0.4) is 0 Å². The average Bonchev–Trinajstić information content (AvgIpc) is 2.66. The van der Waals surface area contributed by atoms with Crippen LogP contribution in [0.1, 0.15) is 24.2 Å². The first-order valence-corrected chi connectivity index (χ1v) is 6.01. The van der Waals surface area contributed by atoms with Gasteiger partial charge in [0.25, 0.3) is 0 Å². The number of rotatable bonds is 0. The topological polar surface area (TPSA) is 45.7 Å². The minimum atomic E-state index is 0.734. The van der Waals surface area contributed by atoms with Crippen LogP contribution in [0.4, 0.5) is 0 Å². The fourth-order valence-electron chi connectivity index (χ4n) is 2.25. The Kier molecular flexibility index (Phi) is 2.24. The van der Waals surface area contributed by atoms with Crippen LogP contribution in [-0.4, -0.2) is 10.9 Å². The van der Waals surface area contributed by atoms with E-state index in [4.69, 9.17) is 9.62 Å². The second kappa shape index (κ2) is 3.63. The van der Waals surface area contributed by atoms with Gasteiger partial charge >= 0.3 is 0 Å².